The summed E-state index contributed by atoms with van der Waals surface area (Å²) in [5, 5.41) is 0.0131. The number of anilines is 1. The first kappa shape index (κ1) is 20.2. The molecular formula is C20H17ClF2N2O2S. The van der Waals surface area contributed by atoms with Crippen LogP contribution >= 0.6 is 23.5 Å². The van der Waals surface area contributed by atoms with Crippen LogP contribution in [-0.4, -0.2) is 19.2 Å². The summed E-state index contributed by atoms with van der Waals surface area (Å²) in [6, 6.07) is 14.4. The number of halogens is 3. The quantitative estimate of drug-likeness (QED) is 0.358. The van der Waals surface area contributed by atoms with Crippen molar-refractivity contribution in [2.45, 2.75) is 11.4 Å². The Hall–Kier alpha value is -2.51. The van der Waals surface area contributed by atoms with Crippen LogP contribution in [-0.2, 0) is 6.54 Å². The minimum absolute atomic E-state index is 0.0131. The Bertz CT molecular complexity index is 975. The molecule has 0 saturated heterocycles. The Labute approximate surface area is 171 Å². The highest BCUT2D eigenvalue weighted by molar-refractivity contribution is 8.00. The van der Waals surface area contributed by atoms with Gasteiger partial charge in [-0.2, -0.15) is 4.39 Å². The van der Waals surface area contributed by atoms with Gasteiger partial charge in [-0.1, -0.05) is 17.7 Å². The van der Waals surface area contributed by atoms with Gasteiger partial charge in [0.2, 0.25) is 5.95 Å². The maximum Gasteiger partial charge on any atom is 0.214 e. The molecule has 146 valence electrons. The van der Waals surface area contributed by atoms with Crippen molar-refractivity contribution in [3.8, 4) is 11.5 Å². The first-order valence-corrected chi connectivity index (χ1v) is 9.39. The number of nitrogens with zero attached hydrogens (tertiary/aromatic N) is 2. The van der Waals surface area contributed by atoms with Crippen molar-refractivity contribution >= 4 is 29.4 Å². The van der Waals surface area contributed by atoms with Gasteiger partial charge in [0.1, 0.15) is 23.1 Å². The minimum Gasteiger partial charge on any atom is -0.497 e. The largest absolute Gasteiger partial charge is 0.497 e. The second-order valence-corrected chi connectivity index (χ2v) is 7.20. The molecule has 0 radical (unpaired) electrons. The third-order valence-electron chi connectivity index (χ3n) is 3.87. The van der Waals surface area contributed by atoms with Crippen molar-refractivity contribution < 1.29 is 18.3 Å². The molecule has 0 aliphatic carbocycles. The molecule has 0 aliphatic rings. The zero-order valence-corrected chi connectivity index (χ0v) is 16.7. The Kier molecular flexibility index (Phi) is 6.59. The lowest BCUT2D eigenvalue weighted by molar-refractivity contribution is 0.391. The van der Waals surface area contributed by atoms with E-state index in [0.29, 0.717) is 28.8 Å². The fourth-order valence-electron chi connectivity index (χ4n) is 2.49. The van der Waals surface area contributed by atoms with Crippen molar-refractivity contribution in [3.63, 3.8) is 0 Å². The van der Waals surface area contributed by atoms with Crippen molar-refractivity contribution in [3.05, 3.63) is 76.9 Å². The average molecular weight is 423 g/mol. The van der Waals surface area contributed by atoms with E-state index in [0.717, 1.165) is 5.56 Å². The molecule has 1 heterocycles. The molecule has 0 atom stereocenters. The summed E-state index contributed by atoms with van der Waals surface area (Å²) >= 11 is 7.16. The molecule has 28 heavy (non-hydrogen) atoms. The molecule has 0 bridgehead atoms. The van der Waals surface area contributed by atoms with Crippen molar-refractivity contribution in [2.75, 3.05) is 18.5 Å². The summed E-state index contributed by atoms with van der Waals surface area (Å²) in [7, 11) is 3.14. The second-order valence-electron chi connectivity index (χ2n) is 5.70. The van der Waals surface area contributed by atoms with Crippen molar-refractivity contribution in [1.82, 2.24) is 4.98 Å². The number of aromatic nitrogens is 1. The van der Waals surface area contributed by atoms with Gasteiger partial charge < -0.3 is 9.47 Å². The fraction of sp³-hybridized carbons (Fsp3) is 0.150. The van der Waals surface area contributed by atoms with Gasteiger partial charge in [-0.15, -0.1) is 0 Å². The fourth-order valence-corrected chi connectivity index (χ4v) is 3.69. The summed E-state index contributed by atoms with van der Waals surface area (Å²) in [4.78, 5) is 4.65. The monoisotopic (exact) mass is 422 g/mol. The molecule has 0 saturated carbocycles. The number of hydrogen-bond donors (Lipinski definition) is 0. The average Bonchev–Trinajstić information content (AvgIpc) is 2.70. The Morgan fingerprint density at radius 1 is 1.04 bits per heavy atom. The van der Waals surface area contributed by atoms with E-state index >= 15 is 0 Å². The van der Waals surface area contributed by atoms with E-state index in [4.69, 9.17) is 21.1 Å². The lowest BCUT2D eigenvalue weighted by Crippen LogP contribution is -2.16. The molecule has 0 aliphatic heterocycles. The van der Waals surface area contributed by atoms with Gasteiger partial charge in [-0.3, -0.25) is 4.31 Å². The third kappa shape index (κ3) is 4.85. The molecule has 0 amide bonds. The zero-order valence-electron chi connectivity index (χ0n) is 15.2. The summed E-state index contributed by atoms with van der Waals surface area (Å²) in [6.07, 6.45) is 0. The molecule has 3 rings (SSSR count). The minimum atomic E-state index is -0.595. The van der Waals surface area contributed by atoms with E-state index < -0.39 is 11.8 Å². The van der Waals surface area contributed by atoms with E-state index in [-0.39, 0.29) is 5.02 Å². The molecule has 1 aromatic heterocycles. The highest BCUT2D eigenvalue weighted by atomic mass is 35.5. The van der Waals surface area contributed by atoms with Gasteiger partial charge in [0.25, 0.3) is 0 Å². The highest BCUT2D eigenvalue weighted by Gasteiger charge is 2.16. The van der Waals surface area contributed by atoms with Crippen LogP contribution in [0.1, 0.15) is 5.56 Å². The summed E-state index contributed by atoms with van der Waals surface area (Å²) < 4.78 is 39.6. The Balaban J connectivity index is 1.95. The van der Waals surface area contributed by atoms with Crippen LogP contribution < -0.4 is 13.8 Å². The third-order valence-corrected chi connectivity index (χ3v) is 5.16. The van der Waals surface area contributed by atoms with E-state index in [9.17, 15) is 8.78 Å². The van der Waals surface area contributed by atoms with Gasteiger partial charge in [0.05, 0.1) is 25.8 Å². The molecule has 2 aromatic carbocycles. The highest BCUT2D eigenvalue weighted by Crippen LogP contribution is 2.34. The zero-order chi connectivity index (χ0) is 20.1. The Morgan fingerprint density at radius 2 is 1.86 bits per heavy atom. The molecule has 8 heteroatoms. The normalized spacial score (nSPS) is 10.6. The Morgan fingerprint density at radius 3 is 2.54 bits per heavy atom. The molecule has 0 fully saturated rings. The van der Waals surface area contributed by atoms with Crippen LogP contribution in [0.25, 0.3) is 0 Å². The van der Waals surface area contributed by atoms with Crippen molar-refractivity contribution in [2.24, 2.45) is 0 Å². The number of pyridine rings is 1. The van der Waals surface area contributed by atoms with Gasteiger partial charge in [0, 0.05) is 16.5 Å². The lowest BCUT2D eigenvalue weighted by atomic mass is 10.2. The smallest absolute Gasteiger partial charge is 0.214 e. The molecule has 0 unspecified atom stereocenters. The van der Waals surface area contributed by atoms with Crippen LogP contribution in [0.2, 0.25) is 5.02 Å². The topological polar surface area (TPSA) is 34.6 Å². The molecule has 0 N–H and O–H groups in total. The summed E-state index contributed by atoms with van der Waals surface area (Å²) in [6.45, 7) is 0.350. The maximum absolute atomic E-state index is 13.7. The van der Waals surface area contributed by atoms with E-state index in [1.807, 2.05) is 12.1 Å². The first-order chi connectivity index (χ1) is 13.5. The summed E-state index contributed by atoms with van der Waals surface area (Å²) in [5.74, 6) is 0.594. The van der Waals surface area contributed by atoms with Crippen LogP contribution in [0.4, 0.5) is 14.6 Å². The number of methoxy groups -OCH3 is 2. The number of benzene rings is 2. The lowest BCUT2D eigenvalue weighted by Gasteiger charge is -2.23. The number of rotatable bonds is 7. The second kappa shape index (κ2) is 9.12. The van der Waals surface area contributed by atoms with Crippen LogP contribution in [0.3, 0.4) is 0 Å². The van der Waals surface area contributed by atoms with Gasteiger partial charge in [0.15, 0.2) is 0 Å². The predicted octanol–water partition coefficient (Wildman–Crippen LogP) is 5.74. The van der Waals surface area contributed by atoms with Crippen LogP contribution in [0.15, 0.2) is 59.5 Å². The van der Waals surface area contributed by atoms with Crippen LogP contribution in [0, 0.1) is 11.8 Å². The van der Waals surface area contributed by atoms with E-state index in [1.54, 1.807) is 42.8 Å². The molecule has 3 aromatic rings. The molecular weight excluding hydrogens is 406 g/mol. The van der Waals surface area contributed by atoms with Gasteiger partial charge in [-0.05, 0) is 54.4 Å². The van der Waals surface area contributed by atoms with Gasteiger partial charge >= 0.3 is 0 Å². The molecule has 0 spiro atoms. The molecule has 4 nitrogen and oxygen atoms in total. The first-order valence-electron chi connectivity index (χ1n) is 8.24. The van der Waals surface area contributed by atoms with E-state index in [1.165, 1.54) is 30.1 Å². The number of hydrogen-bond acceptors (Lipinski definition) is 5. The van der Waals surface area contributed by atoms with Crippen molar-refractivity contribution in [1.29, 1.82) is 0 Å². The van der Waals surface area contributed by atoms with Gasteiger partial charge in [-0.25, -0.2) is 9.37 Å². The standard InChI is InChI=1S/C20H17ClF2N2O2S/c1-26-14-7-6-13(18(10-14)27-2)12-25(20-5-3-4-19(23)24-20)28-15-8-9-17(22)16(21)11-15/h3-11H,12H2,1-2H3. The number of ether oxygens (including phenoxy) is 2. The predicted molar refractivity (Wildman–Crippen MR) is 107 cm³/mol. The van der Waals surface area contributed by atoms with Crippen LogP contribution in [0.5, 0.6) is 11.5 Å². The SMILES string of the molecule is COc1ccc(CN(Sc2ccc(F)c(Cl)c2)c2cccc(F)n2)c(OC)c1. The maximum atomic E-state index is 13.7. The summed E-state index contributed by atoms with van der Waals surface area (Å²) in [5.41, 5.74) is 0.843. The van der Waals surface area contributed by atoms with E-state index in [2.05, 4.69) is 4.98 Å².